The van der Waals surface area contributed by atoms with Crippen LogP contribution in [0.1, 0.15) is 0 Å². The van der Waals surface area contributed by atoms with Crippen molar-refractivity contribution >= 4 is 29.1 Å². The molecule has 2 N–H and O–H groups in total. The molecule has 7 nitrogen and oxygen atoms in total. The maximum Gasteiger partial charge on any atom is 0.265 e. The summed E-state index contributed by atoms with van der Waals surface area (Å²) < 4.78 is 5.33. The number of hydrogen-bond donors (Lipinski definition) is 2. The average molecular weight is 339 g/mol. The van der Waals surface area contributed by atoms with Crippen molar-refractivity contribution < 1.29 is 19.1 Å². The number of nitrogens with zero attached hydrogens (tertiary/aromatic N) is 1. The normalized spacial score (nSPS) is 12.8. The van der Waals surface area contributed by atoms with Gasteiger partial charge in [-0.05, 0) is 24.3 Å². The second kappa shape index (κ2) is 7.48. The molecule has 0 radical (unpaired) electrons. The van der Waals surface area contributed by atoms with E-state index in [-0.39, 0.29) is 31.5 Å². The highest BCUT2D eigenvalue weighted by atomic mass is 16.5. The highest BCUT2D eigenvalue weighted by molar-refractivity contribution is 6.03. The Kier molecular flexibility index (Phi) is 4.94. The topological polar surface area (TPSA) is 87.7 Å². The van der Waals surface area contributed by atoms with Crippen LogP contribution >= 0.6 is 0 Å². The van der Waals surface area contributed by atoms with Crippen molar-refractivity contribution in [2.24, 2.45) is 0 Å². The van der Waals surface area contributed by atoms with Gasteiger partial charge >= 0.3 is 0 Å². The Labute approximate surface area is 144 Å². The molecule has 2 aromatic carbocycles. The van der Waals surface area contributed by atoms with Crippen molar-refractivity contribution in [1.82, 2.24) is 5.32 Å². The molecular formula is C18H17N3O4. The number of fused-ring (bicyclic) bond motifs is 1. The van der Waals surface area contributed by atoms with Gasteiger partial charge in [-0.3, -0.25) is 19.3 Å². The molecule has 0 aromatic heterocycles. The maximum absolute atomic E-state index is 12.1. The van der Waals surface area contributed by atoms with Crippen LogP contribution in [0.25, 0.3) is 0 Å². The molecule has 3 amide bonds. The van der Waals surface area contributed by atoms with Gasteiger partial charge in [0, 0.05) is 5.69 Å². The van der Waals surface area contributed by atoms with Crippen molar-refractivity contribution in [3.63, 3.8) is 0 Å². The summed E-state index contributed by atoms with van der Waals surface area (Å²) in [5, 5.41) is 5.19. The number of nitrogens with one attached hydrogen (secondary N) is 2. The summed E-state index contributed by atoms with van der Waals surface area (Å²) in [5.74, 6) is -0.513. The number of anilines is 2. The molecule has 0 saturated carbocycles. The number of benzene rings is 2. The monoisotopic (exact) mass is 339 g/mol. The van der Waals surface area contributed by atoms with Crippen LogP contribution in [0.4, 0.5) is 11.4 Å². The zero-order valence-electron chi connectivity index (χ0n) is 13.4. The van der Waals surface area contributed by atoms with Crippen molar-refractivity contribution in [3.8, 4) is 5.75 Å². The summed E-state index contributed by atoms with van der Waals surface area (Å²) in [7, 11) is 0. The van der Waals surface area contributed by atoms with E-state index in [4.69, 9.17) is 4.74 Å². The van der Waals surface area contributed by atoms with Crippen LogP contribution in [0, 0.1) is 0 Å². The highest BCUT2D eigenvalue weighted by Gasteiger charge is 2.26. The van der Waals surface area contributed by atoms with Crippen LogP contribution in [0.5, 0.6) is 5.75 Å². The van der Waals surface area contributed by atoms with Gasteiger partial charge in [0.15, 0.2) is 6.61 Å². The van der Waals surface area contributed by atoms with Crippen molar-refractivity contribution in [2.45, 2.75) is 0 Å². The molecule has 2 aromatic rings. The average Bonchev–Trinajstić information content (AvgIpc) is 2.63. The van der Waals surface area contributed by atoms with E-state index in [9.17, 15) is 14.4 Å². The third-order valence-corrected chi connectivity index (χ3v) is 3.61. The van der Waals surface area contributed by atoms with Crippen LogP contribution < -0.4 is 20.3 Å². The van der Waals surface area contributed by atoms with Gasteiger partial charge in [-0.2, -0.15) is 0 Å². The number of para-hydroxylation sites is 3. The molecule has 0 spiro atoms. The van der Waals surface area contributed by atoms with E-state index < -0.39 is 5.91 Å². The molecule has 0 unspecified atom stereocenters. The van der Waals surface area contributed by atoms with Crippen LogP contribution in [-0.4, -0.2) is 37.4 Å². The van der Waals surface area contributed by atoms with E-state index >= 15 is 0 Å². The van der Waals surface area contributed by atoms with Gasteiger partial charge in [0.05, 0.1) is 12.2 Å². The number of carbonyl (C=O) groups excluding carboxylic acids is 3. The molecule has 0 saturated heterocycles. The first kappa shape index (κ1) is 16.5. The molecule has 25 heavy (non-hydrogen) atoms. The standard InChI is InChI=1S/C18H17N3O4/c22-16(20-13-6-2-1-3-7-13)10-19-17(23)11-21-14-8-4-5-9-15(14)25-12-18(21)24/h1-9H,10-12H2,(H,19,23)(H,20,22). The molecule has 0 bridgehead atoms. The molecule has 128 valence electrons. The Bertz CT molecular complexity index is 792. The Morgan fingerprint density at radius 1 is 1.00 bits per heavy atom. The molecular weight excluding hydrogens is 322 g/mol. The van der Waals surface area contributed by atoms with Crippen LogP contribution in [0.2, 0.25) is 0 Å². The predicted octanol–water partition coefficient (Wildman–Crippen LogP) is 1.17. The molecule has 0 atom stereocenters. The van der Waals surface area contributed by atoms with E-state index in [1.165, 1.54) is 4.90 Å². The molecule has 1 aliphatic rings. The van der Waals surface area contributed by atoms with Gasteiger partial charge in [0.2, 0.25) is 11.8 Å². The number of ether oxygens (including phenoxy) is 1. The zero-order valence-corrected chi connectivity index (χ0v) is 13.4. The van der Waals surface area contributed by atoms with Gasteiger partial charge in [0.1, 0.15) is 12.3 Å². The lowest BCUT2D eigenvalue weighted by Crippen LogP contribution is -2.46. The molecule has 1 aliphatic heterocycles. The van der Waals surface area contributed by atoms with Crippen LogP contribution in [0.3, 0.4) is 0 Å². The number of hydrogen-bond acceptors (Lipinski definition) is 4. The predicted molar refractivity (Wildman–Crippen MR) is 92.4 cm³/mol. The Hall–Kier alpha value is -3.35. The molecule has 1 heterocycles. The minimum Gasteiger partial charge on any atom is -0.482 e. The summed E-state index contributed by atoms with van der Waals surface area (Å²) >= 11 is 0. The molecule has 7 heteroatoms. The van der Waals surface area contributed by atoms with Crippen LogP contribution in [-0.2, 0) is 14.4 Å². The summed E-state index contributed by atoms with van der Waals surface area (Å²) in [5.41, 5.74) is 1.20. The Balaban J connectivity index is 1.54. The van der Waals surface area contributed by atoms with Gasteiger partial charge < -0.3 is 15.4 Å². The second-order valence-electron chi connectivity index (χ2n) is 5.43. The van der Waals surface area contributed by atoms with E-state index in [1.807, 2.05) is 6.07 Å². The number of rotatable bonds is 5. The molecule has 3 rings (SSSR count). The third-order valence-electron chi connectivity index (χ3n) is 3.61. The molecule has 0 fully saturated rings. The minimum absolute atomic E-state index is 0.112. The van der Waals surface area contributed by atoms with Crippen molar-refractivity contribution in [3.05, 3.63) is 54.6 Å². The quantitative estimate of drug-likeness (QED) is 0.856. The van der Waals surface area contributed by atoms with E-state index in [0.717, 1.165) is 0 Å². The van der Waals surface area contributed by atoms with E-state index in [0.29, 0.717) is 17.1 Å². The maximum atomic E-state index is 12.1. The number of carbonyl (C=O) groups is 3. The van der Waals surface area contributed by atoms with Crippen molar-refractivity contribution in [1.29, 1.82) is 0 Å². The lowest BCUT2D eigenvalue weighted by Gasteiger charge is -2.28. The minimum atomic E-state index is -0.423. The van der Waals surface area contributed by atoms with Gasteiger partial charge in [-0.1, -0.05) is 30.3 Å². The first-order chi connectivity index (χ1) is 12.1. The van der Waals surface area contributed by atoms with E-state index in [2.05, 4.69) is 10.6 Å². The smallest absolute Gasteiger partial charge is 0.265 e. The Morgan fingerprint density at radius 2 is 1.72 bits per heavy atom. The zero-order chi connectivity index (χ0) is 17.6. The summed E-state index contributed by atoms with van der Waals surface area (Å²) in [4.78, 5) is 37.3. The first-order valence-electron chi connectivity index (χ1n) is 7.77. The van der Waals surface area contributed by atoms with Crippen LogP contribution in [0.15, 0.2) is 54.6 Å². The lowest BCUT2D eigenvalue weighted by atomic mass is 10.2. The largest absolute Gasteiger partial charge is 0.482 e. The Morgan fingerprint density at radius 3 is 2.52 bits per heavy atom. The van der Waals surface area contributed by atoms with E-state index in [1.54, 1.807) is 48.5 Å². The fourth-order valence-corrected chi connectivity index (χ4v) is 2.43. The SMILES string of the molecule is O=C(CN1C(=O)COc2ccccc21)NCC(=O)Nc1ccccc1. The summed E-state index contributed by atoms with van der Waals surface area (Å²) in [6.07, 6.45) is 0. The fourth-order valence-electron chi connectivity index (χ4n) is 2.43. The fraction of sp³-hybridized carbons (Fsp3) is 0.167. The second-order valence-corrected chi connectivity index (χ2v) is 5.43. The molecule has 0 aliphatic carbocycles. The van der Waals surface area contributed by atoms with Gasteiger partial charge in [0.25, 0.3) is 5.91 Å². The first-order valence-corrected chi connectivity index (χ1v) is 7.77. The summed E-state index contributed by atoms with van der Waals surface area (Å²) in [6.45, 7) is -0.454. The third kappa shape index (κ3) is 4.14. The lowest BCUT2D eigenvalue weighted by molar-refractivity contribution is -0.126. The highest BCUT2D eigenvalue weighted by Crippen LogP contribution is 2.31. The summed E-state index contributed by atoms with van der Waals surface area (Å²) in [6, 6.07) is 16.0. The number of amides is 3. The van der Waals surface area contributed by atoms with Gasteiger partial charge in [-0.15, -0.1) is 0 Å². The van der Waals surface area contributed by atoms with Gasteiger partial charge in [-0.25, -0.2) is 0 Å². The van der Waals surface area contributed by atoms with Crippen molar-refractivity contribution in [2.75, 3.05) is 29.9 Å².